The molecule has 0 atom stereocenters. The Morgan fingerprint density at radius 3 is 1.71 bits per heavy atom. The third-order valence-corrected chi connectivity index (χ3v) is 9.10. The molecular weight excluding hydrogens is 372 g/mol. The molecule has 3 aliphatic rings. The monoisotopic (exact) mass is 418 g/mol. The standard InChI is InChI=1S/C31H46/c1-2-25-17-21-30(22-18-25)31-23-19-29(20-24-31)16-15-28-13-11-27(12-14-28)10-6-9-26-7-4-3-5-8-26/h2-5,7-8,15-16,25,27-31H,1,6,9-14,17-24H2/t25-,27-,28-,29-,30-,31-. The third kappa shape index (κ3) is 7.10. The Morgan fingerprint density at radius 1 is 0.645 bits per heavy atom. The van der Waals surface area contributed by atoms with Gasteiger partial charge in [-0.3, -0.25) is 0 Å². The number of allylic oxidation sites excluding steroid dienone is 3. The highest BCUT2D eigenvalue weighted by Crippen LogP contribution is 2.42. The van der Waals surface area contributed by atoms with Crippen LogP contribution in [0.1, 0.15) is 95.5 Å². The van der Waals surface area contributed by atoms with Crippen LogP contribution in [0.3, 0.4) is 0 Å². The number of benzene rings is 1. The molecule has 0 radical (unpaired) electrons. The van der Waals surface area contributed by atoms with E-state index in [2.05, 4.69) is 55.1 Å². The van der Waals surface area contributed by atoms with Gasteiger partial charge in [0.05, 0.1) is 0 Å². The highest BCUT2D eigenvalue weighted by atomic mass is 14.3. The molecule has 31 heavy (non-hydrogen) atoms. The lowest BCUT2D eigenvalue weighted by Gasteiger charge is -2.37. The maximum Gasteiger partial charge on any atom is -0.0233 e. The van der Waals surface area contributed by atoms with Crippen LogP contribution in [0, 0.1) is 35.5 Å². The summed E-state index contributed by atoms with van der Waals surface area (Å²) in [5.41, 5.74) is 1.51. The molecule has 0 nitrogen and oxygen atoms in total. The van der Waals surface area contributed by atoms with Crippen LogP contribution in [0.5, 0.6) is 0 Å². The molecule has 0 amide bonds. The van der Waals surface area contributed by atoms with Crippen molar-refractivity contribution in [1.82, 2.24) is 0 Å². The van der Waals surface area contributed by atoms with Gasteiger partial charge in [0.25, 0.3) is 0 Å². The van der Waals surface area contributed by atoms with E-state index in [-0.39, 0.29) is 0 Å². The van der Waals surface area contributed by atoms with Crippen LogP contribution >= 0.6 is 0 Å². The van der Waals surface area contributed by atoms with Crippen molar-refractivity contribution in [3.8, 4) is 0 Å². The first-order chi connectivity index (χ1) is 15.3. The SMILES string of the molecule is C=C[C@H]1CC[C@H]([C@H]2CC[C@H](C=C[C@H]3CC[C@H](CCCc4ccccc4)CC3)CC2)CC1. The number of rotatable bonds is 8. The van der Waals surface area contributed by atoms with Gasteiger partial charge in [-0.2, -0.15) is 0 Å². The summed E-state index contributed by atoms with van der Waals surface area (Å²) in [6.07, 6.45) is 29.0. The highest BCUT2D eigenvalue weighted by molar-refractivity contribution is 5.14. The summed E-state index contributed by atoms with van der Waals surface area (Å²) in [5, 5.41) is 0. The van der Waals surface area contributed by atoms with Gasteiger partial charge in [-0.1, -0.05) is 55.0 Å². The average molecular weight is 419 g/mol. The molecule has 0 heterocycles. The van der Waals surface area contributed by atoms with Gasteiger partial charge in [-0.25, -0.2) is 0 Å². The Bertz CT molecular complexity index is 647. The second-order valence-corrected chi connectivity index (χ2v) is 11.1. The summed E-state index contributed by atoms with van der Waals surface area (Å²) in [7, 11) is 0. The molecule has 1 aromatic rings. The van der Waals surface area contributed by atoms with Crippen LogP contribution in [-0.2, 0) is 6.42 Å². The van der Waals surface area contributed by atoms with Gasteiger partial charge in [0.2, 0.25) is 0 Å². The Balaban J connectivity index is 1.09. The van der Waals surface area contributed by atoms with Crippen molar-refractivity contribution in [2.24, 2.45) is 35.5 Å². The van der Waals surface area contributed by atoms with E-state index in [1.165, 1.54) is 102 Å². The summed E-state index contributed by atoms with van der Waals surface area (Å²) in [6, 6.07) is 11.0. The smallest absolute Gasteiger partial charge is 0.0233 e. The molecule has 0 unspecified atom stereocenters. The molecule has 0 spiro atoms. The first-order valence-electron chi connectivity index (χ1n) is 13.6. The van der Waals surface area contributed by atoms with Gasteiger partial charge >= 0.3 is 0 Å². The van der Waals surface area contributed by atoms with Crippen LogP contribution in [0.4, 0.5) is 0 Å². The largest absolute Gasteiger partial charge is 0.103 e. The lowest BCUT2D eigenvalue weighted by atomic mass is 9.69. The van der Waals surface area contributed by atoms with Gasteiger partial charge < -0.3 is 0 Å². The van der Waals surface area contributed by atoms with Crippen LogP contribution in [0.2, 0.25) is 0 Å². The zero-order valence-electron chi connectivity index (χ0n) is 19.9. The van der Waals surface area contributed by atoms with E-state index in [0.29, 0.717) is 0 Å². The Hall–Kier alpha value is -1.30. The summed E-state index contributed by atoms with van der Waals surface area (Å²) in [6.45, 7) is 4.01. The quantitative estimate of drug-likeness (QED) is 0.369. The van der Waals surface area contributed by atoms with E-state index < -0.39 is 0 Å². The first kappa shape index (κ1) is 22.9. The molecule has 3 aliphatic carbocycles. The first-order valence-corrected chi connectivity index (χ1v) is 13.6. The molecule has 3 saturated carbocycles. The topological polar surface area (TPSA) is 0 Å². The van der Waals surface area contributed by atoms with Crippen molar-refractivity contribution in [2.45, 2.75) is 96.3 Å². The molecule has 3 fully saturated rings. The van der Waals surface area contributed by atoms with Gasteiger partial charge in [0, 0.05) is 0 Å². The van der Waals surface area contributed by atoms with Crippen LogP contribution in [0.15, 0.2) is 55.1 Å². The fourth-order valence-corrected chi connectivity index (χ4v) is 6.88. The van der Waals surface area contributed by atoms with Crippen LogP contribution in [-0.4, -0.2) is 0 Å². The van der Waals surface area contributed by atoms with Gasteiger partial charge in [-0.05, 0) is 131 Å². The average Bonchev–Trinajstić information content (AvgIpc) is 2.85. The second-order valence-electron chi connectivity index (χ2n) is 11.1. The highest BCUT2D eigenvalue weighted by Gasteiger charge is 2.29. The number of hydrogen-bond acceptors (Lipinski definition) is 0. The summed E-state index contributed by atoms with van der Waals surface area (Å²) in [4.78, 5) is 0. The van der Waals surface area contributed by atoms with Crippen molar-refractivity contribution < 1.29 is 0 Å². The normalized spacial score (nSPS) is 34.6. The zero-order valence-corrected chi connectivity index (χ0v) is 19.9. The van der Waals surface area contributed by atoms with Crippen molar-refractivity contribution in [2.75, 3.05) is 0 Å². The minimum atomic E-state index is 0.814. The second kappa shape index (κ2) is 12.1. The predicted octanol–water partition coefficient (Wildman–Crippen LogP) is 9.17. The van der Waals surface area contributed by atoms with Crippen molar-refractivity contribution in [1.29, 1.82) is 0 Å². The molecule has 0 N–H and O–H groups in total. The summed E-state index contributed by atoms with van der Waals surface area (Å²) >= 11 is 0. The molecule has 0 saturated heterocycles. The minimum Gasteiger partial charge on any atom is -0.103 e. The molecule has 0 bridgehead atoms. The third-order valence-electron chi connectivity index (χ3n) is 9.10. The Labute approximate surface area is 192 Å². The fourth-order valence-electron chi connectivity index (χ4n) is 6.88. The number of aryl methyl sites for hydroxylation is 1. The van der Waals surface area contributed by atoms with E-state index in [4.69, 9.17) is 0 Å². The van der Waals surface area contributed by atoms with Gasteiger partial charge in [-0.15, -0.1) is 6.58 Å². The fraction of sp³-hybridized carbons (Fsp3) is 0.677. The lowest BCUT2D eigenvalue weighted by Crippen LogP contribution is -2.25. The minimum absolute atomic E-state index is 0.814. The summed E-state index contributed by atoms with van der Waals surface area (Å²) < 4.78 is 0. The van der Waals surface area contributed by atoms with E-state index in [1.807, 2.05) is 0 Å². The van der Waals surface area contributed by atoms with Crippen molar-refractivity contribution in [3.05, 3.63) is 60.7 Å². The van der Waals surface area contributed by atoms with Crippen molar-refractivity contribution >= 4 is 0 Å². The Kier molecular flexibility index (Phi) is 8.91. The predicted molar refractivity (Wildman–Crippen MR) is 135 cm³/mol. The zero-order chi connectivity index (χ0) is 21.3. The Morgan fingerprint density at radius 2 is 1.16 bits per heavy atom. The summed E-state index contributed by atoms with van der Waals surface area (Å²) in [5.74, 6) is 5.61. The van der Waals surface area contributed by atoms with E-state index in [9.17, 15) is 0 Å². The molecular formula is C31H46. The molecule has 170 valence electrons. The maximum atomic E-state index is 4.01. The molecule has 0 aromatic heterocycles. The molecule has 0 aliphatic heterocycles. The van der Waals surface area contributed by atoms with E-state index in [0.717, 1.165) is 35.5 Å². The van der Waals surface area contributed by atoms with Gasteiger partial charge in [0.1, 0.15) is 0 Å². The molecule has 1 aromatic carbocycles. The van der Waals surface area contributed by atoms with Crippen molar-refractivity contribution in [3.63, 3.8) is 0 Å². The lowest BCUT2D eigenvalue weighted by molar-refractivity contribution is 0.166. The van der Waals surface area contributed by atoms with E-state index >= 15 is 0 Å². The van der Waals surface area contributed by atoms with Crippen LogP contribution < -0.4 is 0 Å². The maximum absolute atomic E-state index is 4.01. The molecule has 0 heteroatoms. The van der Waals surface area contributed by atoms with E-state index in [1.54, 1.807) is 0 Å². The molecule has 4 rings (SSSR count). The van der Waals surface area contributed by atoms with Crippen LogP contribution in [0.25, 0.3) is 0 Å². The number of hydrogen-bond donors (Lipinski definition) is 0. The van der Waals surface area contributed by atoms with Gasteiger partial charge in [0.15, 0.2) is 0 Å².